The summed E-state index contributed by atoms with van der Waals surface area (Å²) >= 11 is 0. The molecule has 0 spiro atoms. The van der Waals surface area contributed by atoms with Crippen LogP contribution in [-0.2, 0) is 6.42 Å². The molecule has 5 nitrogen and oxygen atoms in total. The van der Waals surface area contributed by atoms with Crippen LogP contribution in [0.5, 0.6) is 5.75 Å². The van der Waals surface area contributed by atoms with Gasteiger partial charge in [-0.2, -0.15) is 5.10 Å². The summed E-state index contributed by atoms with van der Waals surface area (Å²) in [6.07, 6.45) is 0.785. The molecule has 3 aromatic carbocycles. The number of carbonyl (C=O) groups is 1. The number of urea groups is 1. The number of nitrogens with zero attached hydrogens (tertiary/aromatic N) is 2. The van der Waals surface area contributed by atoms with Gasteiger partial charge in [-0.05, 0) is 62.2 Å². The number of rotatable bonds is 3. The topological polar surface area (TPSA) is 53.9 Å². The fourth-order valence-electron chi connectivity index (χ4n) is 4.47. The Kier molecular flexibility index (Phi) is 5.16. The van der Waals surface area contributed by atoms with E-state index >= 15 is 0 Å². The van der Waals surface area contributed by atoms with Crippen LogP contribution in [0.25, 0.3) is 0 Å². The number of benzene rings is 3. The van der Waals surface area contributed by atoms with Gasteiger partial charge in [0.2, 0.25) is 0 Å². The van der Waals surface area contributed by atoms with Crippen molar-refractivity contribution in [2.75, 3.05) is 11.9 Å². The van der Waals surface area contributed by atoms with Crippen LogP contribution in [0.2, 0.25) is 0 Å². The molecule has 3 aromatic rings. The SMILES string of the molecule is Cc1ccc(C2=NN(C(=O)Nc3ccc4c(c3)CC(C)(C)O4)CC2c2cccc(F)c2)cc1. The molecule has 0 fully saturated rings. The maximum Gasteiger partial charge on any atom is 0.342 e. The number of anilines is 1. The molecule has 1 N–H and O–H groups in total. The average molecular weight is 444 g/mol. The summed E-state index contributed by atoms with van der Waals surface area (Å²) < 4.78 is 19.9. The third kappa shape index (κ3) is 4.33. The number of amides is 2. The standard InChI is InChI=1S/C27H26FN3O2/c1-17-7-9-18(10-8-17)25-23(19-5-4-6-21(28)13-19)16-31(30-25)26(32)29-22-11-12-24-20(14-22)15-27(2,3)33-24/h4-14,23H,15-16H2,1-3H3,(H,29,32). The number of halogens is 1. The lowest BCUT2D eigenvalue weighted by atomic mass is 9.90. The van der Waals surface area contributed by atoms with Crippen LogP contribution >= 0.6 is 0 Å². The molecule has 2 amide bonds. The van der Waals surface area contributed by atoms with Crippen molar-refractivity contribution in [3.63, 3.8) is 0 Å². The van der Waals surface area contributed by atoms with Crippen LogP contribution in [-0.4, -0.2) is 28.9 Å². The molecule has 2 aliphatic rings. The number of hydrogen-bond acceptors (Lipinski definition) is 3. The van der Waals surface area contributed by atoms with E-state index in [1.54, 1.807) is 6.07 Å². The molecule has 6 heteroatoms. The van der Waals surface area contributed by atoms with Crippen LogP contribution in [0.1, 0.15) is 42.0 Å². The fraction of sp³-hybridized carbons (Fsp3) is 0.259. The van der Waals surface area contributed by atoms with Crippen LogP contribution < -0.4 is 10.1 Å². The minimum atomic E-state index is -0.323. The van der Waals surface area contributed by atoms with E-state index in [0.717, 1.165) is 40.1 Å². The highest BCUT2D eigenvalue weighted by Gasteiger charge is 2.33. The van der Waals surface area contributed by atoms with Crippen LogP contribution in [0.15, 0.2) is 71.8 Å². The van der Waals surface area contributed by atoms with E-state index in [1.165, 1.54) is 17.1 Å². The lowest BCUT2D eigenvalue weighted by Crippen LogP contribution is -2.30. The van der Waals surface area contributed by atoms with E-state index in [9.17, 15) is 9.18 Å². The highest BCUT2D eigenvalue weighted by atomic mass is 19.1. The normalized spacial score (nSPS) is 18.5. The van der Waals surface area contributed by atoms with Crippen molar-refractivity contribution in [2.45, 2.75) is 38.7 Å². The van der Waals surface area contributed by atoms with Gasteiger partial charge in [0.15, 0.2) is 0 Å². The predicted octanol–water partition coefficient (Wildman–Crippen LogP) is 5.88. The third-order valence-electron chi connectivity index (χ3n) is 6.06. The quantitative estimate of drug-likeness (QED) is 0.549. The molecule has 2 heterocycles. The molecule has 0 saturated heterocycles. The maximum absolute atomic E-state index is 14.0. The molecule has 0 bridgehead atoms. The minimum absolute atomic E-state index is 0.219. The summed E-state index contributed by atoms with van der Waals surface area (Å²) in [6, 6.07) is 19.9. The smallest absolute Gasteiger partial charge is 0.342 e. The lowest BCUT2D eigenvalue weighted by Gasteiger charge is -2.16. The first-order chi connectivity index (χ1) is 15.8. The summed E-state index contributed by atoms with van der Waals surface area (Å²) in [4.78, 5) is 13.1. The van der Waals surface area contributed by atoms with Gasteiger partial charge in [0.25, 0.3) is 0 Å². The molecule has 33 heavy (non-hydrogen) atoms. The monoisotopic (exact) mass is 443 g/mol. The lowest BCUT2D eigenvalue weighted by molar-refractivity contribution is 0.138. The van der Waals surface area contributed by atoms with Crippen molar-refractivity contribution in [2.24, 2.45) is 5.10 Å². The van der Waals surface area contributed by atoms with Gasteiger partial charge in [-0.1, -0.05) is 42.0 Å². The molecule has 0 aromatic heterocycles. The molecule has 168 valence electrons. The Labute approximate surface area is 192 Å². The van der Waals surface area contributed by atoms with E-state index in [2.05, 4.69) is 10.4 Å². The van der Waals surface area contributed by atoms with Crippen LogP contribution in [0, 0.1) is 12.7 Å². The van der Waals surface area contributed by atoms with E-state index in [0.29, 0.717) is 12.2 Å². The molecule has 1 unspecified atom stereocenters. The van der Waals surface area contributed by atoms with Gasteiger partial charge in [0.05, 0.1) is 12.3 Å². The Bertz CT molecular complexity index is 1250. The summed E-state index contributed by atoms with van der Waals surface area (Å²) in [5.74, 6) is 0.329. The van der Waals surface area contributed by atoms with Gasteiger partial charge in [0.1, 0.15) is 17.2 Å². The maximum atomic E-state index is 14.0. The van der Waals surface area contributed by atoms with Gasteiger partial charge in [-0.15, -0.1) is 0 Å². The largest absolute Gasteiger partial charge is 0.487 e. The molecule has 2 aliphatic heterocycles. The Balaban J connectivity index is 1.41. The molecular formula is C27H26FN3O2. The molecule has 0 aliphatic carbocycles. The summed E-state index contributed by atoms with van der Waals surface area (Å²) in [5.41, 5.74) is 5.12. The van der Waals surface area contributed by atoms with Gasteiger partial charge < -0.3 is 10.1 Å². The number of fused-ring (bicyclic) bond motifs is 1. The number of aryl methyl sites for hydroxylation is 1. The Morgan fingerprint density at radius 3 is 2.67 bits per heavy atom. The molecule has 1 atom stereocenters. The second-order valence-corrected chi connectivity index (χ2v) is 9.33. The zero-order valence-electron chi connectivity index (χ0n) is 18.9. The van der Waals surface area contributed by atoms with Crippen molar-refractivity contribution in [3.8, 4) is 5.75 Å². The van der Waals surface area contributed by atoms with Crippen molar-refractivity contribution in [1.82, 2.24) is 5.01 Å². The Morgan fingerprint density at radius 2 is 1.91 bits per heavy atom. The predicted molar refractivity (Wildman–Crippen MR) is 127 cm³/mol. The average Bonchev–Trinajstić information content (AvgIpc) is 3.34. The van der Waals surface area contributed by atoms with Gasteiger partial charge in [-0.3, -0.25) is 0 Å². The first-order valence-electron chi connectivity index (χ1n) is 11.1. The number of hydrogen-bond donors (Lipinski definition) is 1. The van der Waals surface area contributed by atoms with E-state index in [1.807, 2.05) is 69.3 Å². The summed E-state index contributed by atoms with van der Waals surface area (Å²) in [6.45, 7) is 6.44. The first-order valence-corrected chi connectivity index (χ1v) is 11.1. The van der Waals surface area contributed by atoms with Crippen molar-refractivity contribution < 1.29 is 13.9 Å². The summed E-state index contributed by atoms with van der Waals surface area (Å²) in [5, 5.41) is 9.04. The summed E-state index contributed by atoms with van der Waals surface area (Å²) in [7, 11) is 0. The zero-order valence-corrected chi connectivity index (χ0v) is 18.9. The second kappa shape index (κ2) is 8.03. The molecule has 0 radical (unpaired) electrons. The number of nitrogens with one attached hydrogen (secondary N) is 1. The first kappa shape index (κ1) is 21.2. The van der Waals surface area contributed by atoms with Crippen molar-refractivity contribution in [3.05, 3.63) is 94.8 Å². The second-order valence-electron chi connectivity index (χ2n) is 9.33. The number of carbonyl (C=O) groups excluding carboxylic acids is 1. The highest BCUT2D eigenvalue weighted by molar-refractivity contribution is 6.07. The Morgan fingerprint density at radius 1 is 1.12 bits per heavy atom. The van der Waals surface area contributed by atoms with Gasteiger partial charge in [-0.25, -0.2) is 14.2 Å². The van der Waals surface area contributed by atoms with Crippen LogP contribution in [0.3, 0.4) is 0 Å². The van der Waals surface area contributed by atoms with E-state index in [-0.39, 0.29) is 23.4 Å². The van der Waals surface area contributed by atoms with Crippen LogP contribution in [0.4, 0.5) is 14.9 Å². The molecular weight excluding hydrogens is 417 g/mol. The third-order valence-corrected chi connectivity index (χ3v) is 6.06. The highest BCUT2D eigenvalue weighted by Crippen LogP contribution is 2.36. The van der Waals surface area contributed by atoms with E-state index in [4.69, 9.17) is 4.74 Å². The fourth-order valence-corrected chi connectivity index (χ4v) is 4.47. The molecule has 5 rings (SSSR count). The van der Waals surface area contributed by atoms with Gasteiger partial charge in [0, 0.05) is 23.6 Å². The zero-order chi connectivity index (χ0) is 23.2. The number of hydrazone groups is 1. The molecule has 0 saturated carbocycles. The van der Waals surface area contributed by atoms with Gasteiger partial charge >= 0.3 is 6.03 Å². The van der Waals surface area contributed by atoms with Crippen molar-refractivity contribution in [1.29, 1.82) is 0 Å². The van der Waals surface area contributed by atoms with E-state index < -0.39 is 0 Å². The van der Waals surface area contributed by atoms with Crippen molar-refractivity contribution >= 4 is 17.4 Å². The minimum Gasteiger partial charge on any atom is -0.487 e. The Hall–Kier alpha value is -3.67. The number of ether oxygens (including phenoxy) is 1.